The molecule has 0 aliphatic carbocycles. The van der Waals surface area contributed by atoms with Crippen LogP contribution in [0.4, 0.5) is 0 Å². The molecule has 2 rings (SSSR count). The number of carbonyl (C=O) groups is 2. The minimum atomic E-state index is -0.177. The summed E-state index contributed by atoms with van der Waals surface area (Å²) in [5, 5.41) is 2.19. The summed E-state index contributed by atoms with van der Waals surface area (Å²) in [4.78, 5) is 28.5. The van der Waals surface area contributed by atoms with Crippen LogP contribution in [0.2, 0.25) is 5.02 Å². The Balaban J connectivity index is 2.29. The molecule has 4 nitrogen and oxygen atoms in total. The molecule has 0 fully saturated rings. The van der Waals surface area contributed by atoms with Crippen molar-refractivity contribution in [2.75, 3.05) is 14.1 Å². The molecule has 0 atom stereocenters. The molecule has 18 heavy (non-hydrogen) atoms. The van der Waals surface area contributed by atoms with E-state index in [2.05, 4.69) is 4.98 Å². The summed E-state index contributed by atoms with van der Waals surface area (Å²) in [6.07, 6.45) is 1.52. The summed E-state index contributed by atoms with van der Waals surface area (Å²) in [5.74, 6) is -0.351. The second kappa shape index (κ2) is 4.96. The van der Waals surface area contributed by atoms with Crippen LogP contribution in [-0.2, 0) is 0 Å². The molecule has 0 saturated carbocycles. The molecule has 2 aromatic rings. The number of thiophene rings is 1. The molecule has 0 saturated heterocycles. The summed E-state index contributed by atoms with van der Waals surface area (Å²) in [6.45, 7) is 0. The first-order valence-corrected chi connectivity index (χ1v) is 6.44. The highest BCUT2D eigenvalue weighted by molar-refractivity contribution is 7.13. The number of aromatic amines is 1. The Bertz CT molecular complexity index is 601. The van der Waals surface area contributed by atoms with Crippen molar-refractivity contribution in [1.82, 2.24) is 9.88 Å². The number of hydrogen-bond donors (Lipinski definition) is 1. The molecular weight excluding hydrogens is 272 g/mol. The number of halogens is 1. The van der Waals surface area contributed by atoms with Gasteiger partial charge in [0.15, 0.2) is 0 Å². The highest BCUT2D eigenvalue weighted by Crippen LogP contribution is 2.25. The fourth-order valence-corrected chi connectivity index (χ4v) is 2.58. The van der Waals surface area contributed by atoms with E-state index in [1.54, 1.807) is 31.6 Å². The fourth-order valence-electron chi connectivity index (χ4n) is 1.48. The van der Waals surface area contributed by atoms with Crippen molar-refractivity contribution < 1.29 is 9.59 Å². The molecule has 0 aliphatic rings. The fraction of sp³-hybridized carbons (Fsp3) is 0.167. The second-order valence-corrected chi connectivity index (χ2v) is 5.25. The topological polar surface area (TPSA) is 53.2 Å². The minimum Gasteiger partial charge on any atom is -0.356 e. The number of H-pyrrole nitrogens is 1. The largest absolute Gasteiger partial charge is 0.356 e. The van der Waals surface area contributed by atoms with Gasteiger partial charge in [0.05, 0.1) is 9.90 Å². The molecule has 0 radical (unpaired) electrons. The van der Waals surface area contributed by atoms with Crippen LogP contribution in [-0.4, -0.2) is 35.7 Å². The van der Waals surface area contributed by atoms with Gasteiger partial charge in [-0.05, 0) is 17.5 Å². The van der Waals surface area contributed by atoms with Gasteiger partial charge in [-0.1, -0.05) is 11.6 Å². The lowest BCUT2D eigenvalue weighted by atomic mass is 10.2. The van der Waals surface area contributed by atoms with Gasteiger partial charge in [-0.2, -0.15) is 0 Å². The maximum atomic E-state index is 12.1. The number of carbonyl (C=O) groups excluding carboxylic acids is 2. The number of rotatable bonds is 3. The predicted molar refractivity (Wildman–Crippen MR) is 71.6 cm³/mol. The molecular formula is C12H11ClN2O2S. The van der Waals surface area contributed by atoms with Crippen LogP contribution < -0.4 is 0 Å². The van der Waals surface area contributed by atoms with E-state index in [0.717, 1.165) is 0 Å². The first-order chi connectivity index (χ1) is 8.50. The van der Waals surface area contributed by atoms with E-state index in [0.29, 0.717) is 21.2 Å². The van der Waals surface area contributed by atoms with E-state index in [1.807, 2.05) is 0 Å². The quantitative estimate of drug-likeness (QED) is 0.880. The minimum absolute atomic E-state index is 0.175. The number of amides is 1. The van der Waals surface area contributed by atoms with Crippen molar-refractivity contribution >= 4 is 34.6 Å². The lowest BCUT2D eigenvalue weighted by Gasteiger charge is -2.07. The van der Waals surface area contributed by atoms with E-state index in [1.165, 1.54) is 22.4 Å². The van der Waals surface area contributed by atoms with Crippen molar-refractivity contribution in [3.63, 3.8) is 0 Å². The van der Waals surface area contributed by atoms with Gasteiger partial charge in [0.1, 0.15) is 5.69 Å². The molecule has 1 N–H and O–H groups in total. The Labute approximate surface area is 113 Å². The summed E-state index contributed by atoms with van der Waals surface area (Å²) < 4.78 is 0. The average Bonchev–Trinajstić information content (AvgIpc) is 2.95. The van der Waals surface area contributed by atoms with Crippen LogP contribution >= 0.6 is 22.9 Å². The van der Waals surface area contributed by atoms with Crippen LogP contribution in [0, 0.1) is 0 Å². The summed E-state index contributed by atoms with van der Waals surface area (Å²) in [5.41, 5.74) is 0.820. The first kappa shape index (κ1) is 12.9. The van der Waals surface area contributed by atoms with Gasteiger partial charge in [-0.3, -0.25) is 9.59 Å². The zero-order chi connectivity index (χ0) is 13.3. The normalized spacial score (nSPS) is 10.4. The Kier molecular flexibility index (Phi) is 3.54. The van der Waals surface area contributed by atoms with Gasteiger partial charge in [0.2, 0.25) is 5.78 Å². The Morgan fingerprint density at radius 1 is 1.39 bits per heavy atom. The van der Waals surface area contributed by atoms with E-state index in [4.69, 9.17) is 11.6 Å². The van der Waals surface area contributed by atoms with Crippen molar-refractivity contribution in [2.24, 2.45) is 0 Å². The summed E-state index contributed by atoms with van der Waals surface area (Å²) in [7, 11) is 3.31. The van der Waals surface area contributed by atoms with Gasteiger partial charge in [0, 0.05) is 25.9 Å². The van der Waals surface area contributed by atoms with Crippen LogP contribution in [0.15, 0.2) is 23.7 Å². The Morgan fingerprint density at radius 2 is 2.11 bits per heavy atom. The first-order valence-electron chi connectivity index (χ1n) is 5.18. The van der Waals surface area contributed by atoms with Crippen LogP contribution in [0.3, 0.4) is 0 Å². The second-order valence-electron chi connectivity index (χ2n) is 3.93. The third kappa shape index (κ3) is 2.32. The van der Waals surface area contributed by atoms with Crippen LogP contribution in [0.1, 0.15) is 25.7 Å². The average molecular weight is 283 g/mol. The van der Waals surface area contributed by atoms with Gasteiger partial charge >= 0.3 is 0 Å². The number of hydrogen-bond acceptors (Lipinski definition) is 3. The van der Waals surface area contributed by atoms with Crippen molar-refractivity contribution in [3.8, 4) is 0 Å². The Morgan fingerprint density at radius 3 is 2.67 bits per heavy atom. The van der Waals surface area contributed by atoms with Gasteiger partial charge in [-0.25, -0.2) is 0 Å². The molecule has 94 valence electrons. The lowest BCUT2D eigenvalue weighted by molar-refractivity contribution is 0.0822. The third-order valence-corrected chi connectivity index (χ3v) is 3.75. The van der Waals surface area contributed by atoms with E-state index in [9.17, 15) is 9.59 Å². The van der Waals surface area contributed by atoms with Gasteiger partial charge in [0.25, 0.3) is 5.91 Å². The maximum absolute atomic E-state index is 12.1. The number of ketones is 1. The van der Waals surface area contributed by atoms with E-state index in [-0.39, 0.29) is 11.7 Å². The molecule has 0 unspecified atom stereocenters. The molecule has 2 heterocycles. The third-order valence-electron chi connectivity index (χ3n) is 2.41. The molecule has 0 bridgehead atoms. The molecule has 2 aromatic heterocycles. The number of nitrogens with zero attached hydrogens (tertiary/aromatic N) is 1. The number of aromatic nitrogens is 1. The molecule has 0 spiro atoms. The highest BCUT2D eigenvalue weighted by atomic mass is 35.5. The maximum Gasteiger partial charge on any atom is 0.269 e. The van der Waals surface area contributed by atoms with Crippen LogP contribution in [0.5, 0.6) is 0 Å². The Hall–Kier alpha value is -1.59. The van der Waals surface area contributed by atoms with Crippen molar-refractivity contribution in [1.29, 1.82) is 0 Å². The van der Waals surface area contributed by atoms with Gasteiger partial charge in [-0.15, -0.1) is 11.3 Å². The lowest BCUT2D eigenvalue weighted by Crippen LogP contribution is -2.21. The molecule has 6 heteroatoms. The summed E-state index contributed by atoms with van der Waals surface area (Å²) >= 11 is 7.19. The molecule has 0 aliphatic heterocycles. The standard InChI is InChI=1S/C12H11ClN2O2S/c1-15(2)12(17)9-5-7(6-14-9)10(16)11-8(13)3-4-18-11/h3-6,14H,1-2H3. The monoisotopic (exact) mass is 282 g/mol. The smallest absolute Gasteiger partial charge is 0.269 e. The summed E-state index contributed by atoms with van der Waals surface area (Å²) in [6, 6.07) is 3.22. The zero-order valence-corrected chi connectivity index (χ0v) is 11.4. The van der Waals surface area contributed by atoms with Crippen LogP contribution in [0.25, 0.3) is 0 Å². The van der Waals surface area contributed by atoms with E-state index < -0.39 is 0 Å². The van der Waals surface area contributed by atoms with Crippen molar-refractivity contribution in [2.45, 2.75) is 0 Å². The van der Waals surface area contributed by atoms with E-state index >= 15 is 0 Å². The predicted octanol–water partition coefficient (Wildman–Crippen LogP) is 2.66. The zero-order valence-electron chi connectivity index (χ0n) is 9.86. The molecule has 0 aromatic carbocycles. The SMILES string of the molecule is CN(C)C(=O)c1cc(C(=O)c2sccc2Cl)c[nH]1. The van der Waals surface area contributed by atoms with Gasteiger partial charge < -0.3 is 9.88 Å². The number of nitrogens with one attached hydrogen (secondary N) is 1. The molecule has 1 amide bonds. The highest BCUT2D eigenvalue weighted by Gasteiger charge is 2.18. The van der Waals surface area contributed by atoms with Crippen molar-refractivity contribution in [3.05, 3.63) is 44.9 Å².